The second-order valence-corrected chi connectivity index (χ2v) is 9.46. The smallest absolute Gasteiger partial charge is 0.434 e. The number of imidazole rings is 1. The van der Waals surface area contributed by atoms with Gasteiger partial charge >= 0.3 is 12.4 Å². The summed E-state index contributed by atoms with van der Waals surface area (Å²) in [6, 6.07) is 8.83. The summed E-state index contributed by atoms with van der Waals surface area (Å²) in [6.45, 7) is 2.15. The van der Waals surface area contributed by atoms with E-state index < -0.39 is 36.2 Å². The minimum absolute atomic E-state index is 0.0128. The number of aromatic nitrogens is 4. The predicted octanol–water partition coefficient (Wildman–Crippen LogP) is 7.48. The molecule has 44 heavy (non-hydrogen) atoms. The lowest BCUT2D eigenvalue weighted by molar-refractivity contribution is -0.179. The Hall–Kier alpha value is -4.76. The van der Waals surface area contributed by atoms with Crippen molar-refractivity contribution in [2.24, 2.45) is 0 Å². The Morgan fingerprint density at radius 1 is 0.886 bits per heavy atom. The van der Waals surface area contributed by atoms with Crippen molar-refractivity contribution in [2.45, 2.75) is 32.8 Å². The Morgan fingerprint density at radius 2 is 1.59 bits per heavy atom. The molecule has 0 fully saturated rings. The third-order valence-corrected chi connectivity index (χ3v) is 6.55. The summed E-state index contributed by atoms with van der Waals surface area (Å²) in [5.41, 5.74) is -1.41. The van der Waals surface area contributed by atoms with Gasteiger partial charge in [-0.15, -0.1) is 0 Å². The minimum Gasteiger partial charge on any atom is -0.440 e. The third kappa shape index (κ3) is 5.88. The molecule has 1 N–H and O–H groups in total. The molecule has 0 saturated carbocycles. The SMILES string of the molecule is COOc1cc(-c2ccc(-n3cc(C(F)(F)F)nc3C)c(-c3nc(C)oc3-c3ccc(C(F)(F)F)nc3)c2)cc(F)c1CO. The number of aryl methyl sites for hydroxylation is 2. The first-order chi connectivity index (χ1) is 20.7. The van der Waals surface area contributed by atoms with Crippen LogP contribution in [0.3, 0.4) is 0 Å². The Morgan fingerprint density at radius 3 is 2.18 bits per heavy atom. The highest BCUT2D eigenvalue weighted by Crippen LogP contribution is 2.41. The van der Waals surface area contributed by atoms with Gasteiger partial charge in [-0.3, -0.25) is 4.98 Å². The summed E-state index contributed by atoms with van der Waals surface area (Å²) < 4.78 is 102. The van der Waals surface area contributed by atoms with Crippen molar-refractivity contribution in [3.05, 3.63) is 89.3 Å². The Labute approximate surface area is 244 Å². The van der Waals surface area contributed by atoms with E-state index in [9.17, 15) is 35.8 Å². The van der Waals surface area contributed by atoms with Gasteiger partial charge in [-0.1, -0.05) is 6.07 Å². The Bertz CT molecular complexity index is 1830. The topological polar surface area (TPSA) is 95.4 Å². The molecule has 230 valence electrons. The van der Waals surface area contributed by atoms with Gasteiger partial charge in [-0.2, -0.15) is 31.2 Å². The van der Waals surface area contributed by atoms with Crippen LogP contribution in [0, 0.1) is 19.7 Å². The van der Waals surface area contributed by atoms with E-state index in [1.54, 1.807) is 0 Å². The molecule has 5 rings (SSSR count). The zero-order chi connectivity index (χ0) is 32.0. The second kappa shape index (κ2) is 11.4. The molecule has 3 aromatic heterocycles. The van der Waals surface area contributed by atoms with Crippen LogP contribution in [0.2, 0.25) is 0 Å². The maximum absolute atomic E-state index is 14.9. The highest BCUT2D eigenvalue weighted by Gasteiger charge is 2.35. The molecular formula is C29H21F7N4O4. The van der Waals surface area contributed by atoms with Gasteiger partial charge < -0.3 is 19.0 Å². The number of nitrogens with zero attached hydrogens (tertiary/aromatic N) is 4. The number of pyridine rings is 1. The molecule has 3 heterocycles. The van der Waals surface area contributed by atoms with E-state index in [0.29, 0.717) is 5.56 Å². The number of hydrogen-bond acceptors (Lipinski definition) is 7. The number of hydrogen-bond donors (Lipinski definition) is 1. The fraction of sp³-hybridized carbons (Fsp3) is 0.207. The molecule has 0 bridgehead atoms. The summed E-state index contributed by atoms with van der Waals surface area (Å²) in [5, 5.41) is 9.58. The van der Waals surface area contributed by atoms with Gasteiger partial charge in [-0.05, 0) is 54.4 Å². The van der Waals surface area contributed by atoms with Crippen LogP contribution in [0.1, 0.15) is 28.7 Å². The van der Waals surface area contributed by atoms with Gasteiger partial charge in [0.05, 0.1) is 25.0 Å². The van der Waals surface area contributed by atoms with Crippen molar-refractivity contribution in [3.8, 4) is 45.1 Å². The van der Waals surface area contributed by atoms with E-state index in [-0.39, 0.29) is 56.9 Å². The minimum atomic E-state index is -4.75. The fourth-order valence-corrected chi connectivity index (χ4v) is 4.57. The molecule has 0 radical (unpaired) electrons. The number of alkyl halides is 6. The summed E-state index contributed by atoms with van der Waals surface area (Å²) in [7, 11) is 1.19. The van der Waals surface area contributed by atoms with Gasteiger partial charge in [0, 0.05) is 30.4 Å². The van der Waals surface area contributed by atoms with Crippen molar-refractivity contribution in [1.29, 1.82) is 0 Å². The number of aliphatic hydroxyl groups excluding tert-OH is 1. The summed E-state index contributed by atoms with van der Waals surface area (Å²) in [6.07, 6.45) is -7.71. The van der Waals surface area contributed by atoms with Crippen molar-refractivity contribution in [2.75, 3.05) is 7.11 Å². The monoisotopic (exact) mass is 622 g/mol. The summed E-state index contributed by atoms with van der Waals surface area (Å²) >= 11 is 0. The van der Waals surface area contributed by atoms with Gasteiger partial charge in [0.2, 0.25) is 0 Å². The first-order valence-corrected chi connectivity index (χ1v) is 12.6. The molecular weight excluding hydrogens is 601 g/mol. The van der Waals surface area contributed by atoms with Gasteiger partial charge in [0.1, 0.15) is 23.0 Å². The largest absolute Gasteiger partial charge is 0.440 e. The maximum atomic E-state index is 14.9. The van der Waals surface area contributed by atoms with Crippen molar-refractivity contribution in [3.63, 3.8) is 0 Å². The third-order valence-electron chi connectivity index (χ3n) is 6.55. The number of benzene rings is 2. The maximum Gasteiger partial charge on any atom is 0.434 e. The van der Waals surface area contributed by atoms with Crippen LogP contribution in [-0.4, -0.2) is 31.7 Å². The van der Waals surface area contributed by atoms with E-state index in [4.69, 9.17) is 9.30 Å². The van der Waals surface area contributed by atoms with Crippen molar-refractivity contribution >= 4 is 0 Å². The first kappa shape index (κ1) is 30.7. The molecule has 8 nitrogen and oxygen atoms in total. The quantitative estimate of drug-likeness (QED) is 0.114. The average Bonchev–Trinajstić information content (AvgIpc) is 3.55. The van der Waals surface area contributed by atoms with E-state index in [1.165, 1.54) is 49.8 Å². The van der Waals surface area contributed by atoms with Crippen LogP contribution in [0.4, 0.5) is 30.7 Å². The molecule has 0 atom stereocenters. The van der Waals surface area contributed by atoms with E-state index in [1.807, 2.05) is 0 Å². The van der Waals surface area contributed by atoms with E-state index in [2.05, 4.69) is 19.8 Å². The highest BCUT2D eigenvalue weighted by molar-refractivity contribution is 5.85. The number of rotatable bonds is 7. The molecule has 2 aromatic carbocycles. The summed E-state index contributed by atoms with van der Waals surface area (Å²) in [4.78, 5) is 21.2. The van der Waals surface area contributed by atoms with Crippen molar-refractivity contribution < 1.29 is 50.0 Å². The van der Waals surface area contributed by atoms with E-state index in [0.717, 1.165) is 30.6 Å². The number of oxazole rings is 1. The van der Waals surface area contributed by atoms with E-state index >= 15 is 0 Å². The van der Waals surface area contributed by atoms with Crippen LogP contribution in [0.25, 0.3) is 39.4 Å². The number of aliphatic hydroxyl groups is 1. The molecule has 0 saturated heterocycles. The lowest BCUT2D eigenvalue weighted by atomic mass is 9.97. The summed E-state index contributed by atoms with van der Waals surface area (Å²) in [5.74, 6) is -0.889. The zero-order valence-electron chi connectivity index (χ0n) is 23.0. The lowest BCUT2D eigenvalue weighted by Gasteiger charge is -2.15. The molecule has 0 unspecified atom stereocenters. The first-order valence-electron chi connectivity index (χ1n) is 12.6. The van der Waals surface area contributed by atoms with Gasteiger partial charge in [-0.25, -0.2) is 14.4 Å². The van der Waals surface area contributed by atoms with Gasteiger partial charge in [0.15, 0.2) is 23.1 Å². The average molecular weight is 622 g/mol. The predicted molar refractivity (Wildman–Crippen MR) is 141 cm³/mol. The highest BCUT2D eigenvalue weighted by atomic mass is 19.4. The molecule has 0 aliphatic heterocycles. The molecule has 0 amide bonds. The molecule has 0 spiro atoms. The van der Waals surface area contributed by atoms with Crippen LogP contribution in [0.15, 0.2) is 59.3 Å². The van der Waals surface area contributed by atoms with Crippen molar-refractivity contribution in [1.82, 2.24) is 19.5 Å². The van der Waals surface area contributed by atoms with Crippen LogP contribution in [-0.2, 0) is 23.8 Å². The zero-order valence-corrected chi connectivity index (χ0v) is 23.0. The number of halogens is 7. The Kier molecular flexibility index (Phi) is 7.94. The van der Waals surface area contributed by atoms with Crippen LogP contribution < -0.4 is 4.89 Å². The standard InChI is InChI=1S/C29H21F7N4O4/c1-14-38-25(29(34,35)36)12-40(14)22-6-4-16(18-9-21(30)20(13-41)23(10-18)44-42-3)8-19(22)26-27(43-15(2)39-26)17-5-7-24(37-11-17)28(31,32)33/h4-12,41H,13H2,1-3H3. The normalized spacial score (nSPS) is 12.2. The van der Waals surface area contributed by atoms with Crippen LogP contribution >= 0.6 is 0 Å². The fourth-order valence-electron chi connectivity index (χ4n) is 4.57. The second-order valence-electron chi connectivity index (χ2n) is 9.46. The molecule has 5 aromatic rings. The molecule has 0 aliphatic rings. The molecule has 15 heteroatoms. The molecule has 0 aliphatic carbocycles. The van der Waals surface area contributed by atoms with Crippen LogP contribution in [0.5, 0.6) is 5.75 Å². The Balaban J connectivity index is 1.75. The lowest BCUT2D eigenvalue weighted by Crippen LogP contribution is -2.07. The van der Waals surface area contributed by atoms with Gasteiger partial charge in [0.25, 0.3) is 0 Å².